The Morgan fingerprint density at radius 2 is 1.83 bits per heavy atom. The number of anilines is 2. The van der Waals surface area contributed by atoms with Crippen molar-refractivity contribution in [2.45, 2.75) is 87.7 Å². The minimum Gasteiger partial charge on any atom is -0.455 e. The Morgan fingerprint density at radius 3 is 2.53 bits per heavy atom. The van der Waals surface area contributed by atoms with Crippen molar-refractivity contribution in [3.63, 3.8) is 0 Å². The Bertz CT molecular complexity index is 2140. The van der Waals surface area contributed by atoms with Gasteiger partial charge in [0.2, 0.25) is 5.91 Å². The largest absolute Gasteiger partial charge is 0.472 e. The van der Waals surface area contributed by atoms with Crippen LogP contribution in [0.4, 0.5) is 11.6 Å². The van der Waals surface area contributed by atoms with Gasteiger partial charge in [-0.05, 0) is 19.4 Å². The van der Waals surface area contributed by atoms with Gasteiger partial charge in [0.15, 0.2) is 23.8 Å². The zero-order valence-corrected chi connectivity index (χ0v) is 32.6. The molecule has 10 atom stereocenters. The summed E-state index contributed by atoms with van der Waals surface area (Å²) < 4.78 is 65.8. The first-order valence-electron chi connectivity index (χ1n) is 17.8. The molecule has 3 fully saturated rings. The molecular formula is C31H43N9O16P2. The molecular weight excluding hydrogens is 816 g/mol. The number of nitrogens with zero attached hydrogens (tertiary/aromatic N) is 7. The Hall–Kier alpha value is -4.23. The third-order valence-electron chi connectivity index (χ3n) is 9.46. The van der Waals surface area contributed by atoms with E-state index in [1.165, 1.54) is 28.1 Å². The van der Waals surface area contributed by atoms with Crippen LogP contribution in [-0.2, 0) is 51.2 Å². The summed E-state index contributed by atoms with van der Waals surface area (Å²) in [5.41, 5.74) is 10.9. The van der Waals surface area contributed by atoms with Crippen LogP contribution >= 0.6 is 15.6 Å². The number of nitrogen functional groups attached to an aromatic ring is 2. The number of likely N-dealkylation sites (tertiary alicyclic amines) is 1. The standard InChI is InChI=1S/C31H43N9O16P2/c1-3-5-6-22(41)39-11-16(50-4-2)9-17(39)30(43)55-26-20(54-29(25(26)42)40-15-36-24-27(33)34-14-35-28(24)40)13-52-58(48,49)56-18-10-23(38-8-7-21(32)37-31(38)44)53-19(18)12-51-57(45,46)47/h3,7-8,14-20,23,25-26,29,42H,1,4-6,9-13H2,2H3,(H,48,49)(H2,32,37,44)(H2,33,34,35)(H2,45,46,47)/t16-,17+,18+,19-,20-,23-,25-,26-,29-/m1/s1. The van der Waals surface area contributed by atoms with Crippen LogP contribution < -0.4 is 17.2 Å². The summed E-state index contributed by atoms with van der Waals surface area (Å²) in [4.78, 5) is 86.1. The summed E-state index contributed by atoms with van der Waals surface area (Å²) in [6.07, 6.45) is -5.41. The number of ether oxygens (including phenoxy) is 4. The summed E-state index contributed by atoms with van der Waals surface area (Å²) >= 11 is 0. The average Bonchev–Trinajstić information content (AvgIpc) is 3.94. The third kappa shape index (κ3) is 9.96. The van der Waals surface area contributed by atoms with Crippen LogP contribution in [-0.4, -0.2) is 135 Å². The predicted octanol–water partition coefficient (Wildman–Crippen LogP) is -0.711. The van der Waals surface area contributed by atoms with Gasteiger partial charge in [-0.15, -0.1) is 6.58 Å². The highest BCUT2D eigenvalue weighted by Gasteiger charge is 2.51. The molecule has 58 heavy (non-hydrogen) atoms. The number of phosphoric acid groups is 2. The quantitative estimate of drug-likeness (QED) is 0.0554. The van der Waals surface area contributed by atoms with E-state index in [2.05, 4.69) is 31.0 Å². The molecule has 0 bridgehead atoms. The van der Waals surface area contributed by atoms with Crippen LogP contribution in [0.5, 0.6) is 0 Å². The molecule has 1 amide bonds. The van der Waals surface area contributed by atoms with E-state index in [1.807, 2.05) is 0 Å². The molecule has 27 heteroatoms. The van der Waals surface area contributed by atoms with Gasteiger partial charge in [-0.1, -0.05) is 6.08 Å². The van der Waals surface area contributed by atoms with Crippen LogP contribution in [0.1, 0.15) is 45.1 Å². The lowest BCUT2D eigenvalue weighted by Crippen LogP contribution is -2.46. The molecule has 6 heterocycles. The molecule has 6 rings (SSSR count). The number of carbonyl (C=O) groups excluding carboxylic acids is 2. The second-order valence-corrected chi connectivity index (χ2v) is 16.0. The fourth-order valence-corrected chi connectivity index (χ4v) is 8.14. The SMILES string of the molecule is C=CCCC(=O)N1C[C@H](OCC)C[C@H]1C(=O)O[C@H]1[C@@H](O)[C@H](n2cnc3c(N)ncnc32)O[C@@H]1COP(=O)(O)O[C@H]1C[C@H](n2ccc(N)nc2=O)O[C@@H]1COP(=O)(O)O. The molecule has 8 N–H and O–H groups in total. The molecule has 0 spiro atoms. The molecule has 0 radical (unpaired) electrons. The highest BCUT2D eigenvalue weighted by atomic mass is 31.2. The molecule has 25 nitrogen and oxygen atoms in total. The predicted molar refractivity (Wildman–Crippen MR) is 195 cm³/mol. The van der Waals surface area contributed by atoms with Gasteiger partial charge in [0.1, 0.15) is 54.3 Å². The van der Waals surface area contributed by atoms with Crippen LogP contribution in [0.3, 0.4) is 0 Å². The summed E-state index contributed by atoms with van der Waals surface area (Å²) in [7, 11) is -10.3. The molecule has 318 valence electrons. The number of amides is 1. The topological polar surface area (TPSA) is 348 Å². The Kier molecular flexibility index (Phi) is 13.4. The lowest BCUT2D eigenvalue weighted by molar-refractivity contribution is -0.164. The zero-order valence-electron chi connectivity index (χ0n) is 30.8. The van der Waals surface area contributed by atoms with E-state index in [0.29, 0.717) is 13.0 Å². The fraction of sp³-hybridized carbons (Fsp3) is 0.581. The number of fused-ring (bicyclic) bond motifs is 1. The normalized spacial score (nSPS) is 28.5. The number of nitrogens with two attached hydrogens (primary N) is 2. The first-order chi connectivity index (χ1) is 27.5. The van der Waals surface area contributed by atoms with Crippen molar-refractivity contribution < 1.29 is 71.0 Å². The van der Waals surface area contributed by atoms with E-state index in [0.717, 1.165) is 10.9 Å². The molecule has 0 saturated carbocycles. The molecule has 3 saturated heterocycles. The number of rotatable bonds is 17. The Balaban J connectivity index is 1.22. The maximum absolute atomic E-state index is 13.9. The third-order valence-corrected chi connectivity index (χ3v) is 11.0. The van der Waals surface area contributed by atoms with Crippen molar-refractivity contribution in [1.82, 2.24) is 34.0 Å². The maximum atomic E-state index is 13.9. The van der Waals surface area contributed by atoms with E-state index in [1.54, 1.807) is 13.0 Å². The molecule has 3 aromatic heterocycles. The number of aliphatic hydroxyl groups excluding tert-OH is 1. The van der Waals surface area contributed by atoms with Crippen molar-refractivity contribution in [3.05, 3.63) is 48.1 Å². The van der Waals surface area contributed by atoms with Gasteiger partial charge >= 0.3 is 27.3 Å². The summed E-state index contributed by atoms with van der Waals surface area (Å²) in [5.74, 6) is -1.36. The number of hydrogen-bond acceptors (Lipinski definition) is 19. The molecule has 3 aliphatic rings. The highest BCUT2D eigenvalue weighted by Crippen LogP contribution is 2.50. The summed E-state index contributed by atoms with van der Waals surface area (Å²) in [6.45, 7) is 4.11. The number of allylic oxidation sites excluding steroid dienone is 1. The molecule has 3 aromatic rings. The average molecular weight is 860 g/mol. The van der Waals surface area contributed by atoms with Gasteiger partial charge in [-0.2, -0.15) is 4.98 Å². The van der Waals surface area contributed by atoms with E-state index in [9.17, 15) is 43.3 Å². The number of hydrogen-bond donors (Lipinski definition) is 6. The molecule has 0 aliphatic carbocycles. The van der Waals surface area contributed by atoms with E-state index < -0.39 is 95.6 Å². The second-order valence-electron chi connectivity index (χ2n) is 13.3. The zero-order chi connectivity index (χ0) is 41.9. The Labute approximate surface area is 328 Å². The minimum absolute atomic E-state index is 0.0175. The van der Waals surface area contributed by atoms with E-state index >= 15 is 0 Å². The lowest BCUT2D eigenvalue weighted by Gasteiger charge is -2.27. The molecule has 1 unspecified atom stereocenters. The minimum atomic E-state index is -5.20. The number of phosphoric ester groups is 2. The van der Waals surface area contributed by atoms with Crippen molar-refractivity contribution in [2.75, 3.05) is 37.8 Å². The number of aliphatic hydroxyl groups is 1. The van der Waals surface area contributed by atoms with E-state index in [-0.39, 0.29) is 54.5 Å². The first kappa shape index (κ1) is 43.4. The van der Waals surface area contributed by atoms with Crippen molar-refractivity contribution >= 4 is 50.3 Å². The van der Waals surface area contributed by atoms with Gasteiger partial charge in [0, 0.05) is 38.6 Å². The van der Waals surface area contributed by atoms with Gasteiger partial charge in [-0.25, -0.2) is 33.7 Å². The Morgan fingerprint density at radius 1 is 1.07 bits per heavy atom. The van der Waals surface area contributed by atoms with Crippen molar-refractivity contribution in [2.24, 2.45) is 0 Å². The molecule has 0 aromatic carbocycles. The van der Waals surface area contributed by atoms with Gasteiger partial charge in [0.25, 0.3) is 0 Å². The van der Waals surface area contributed by atoms with Crippen molar-refractivity contribution in [3.8, 4) is 0 Å². The van der Waals surface area contributed by atoms with Gasteiger partial charge < -0.3 is 55.1 Å². The lowest BCUT2D eigenvalue weighted by atomic mass is 10.1. The summed E-state index contributed by atoms with van der Waals surface area (Å²) in [6, 6.07) is 0.158. The first-order valence-corrected chi connectivity index (χ1v) is 20.9. The number of aromatic nitrogens is 6. The van der Waals surface area contributed by atoms with Gasteiger partial charge in [0.05, 0.1) is 25.6 Å². The van der Waals surface area contributed by atoms with Crippen molar-refractivity contribution in [1.29, 1.82) is 0 Å². The van der Waals surface area contributed by atoms with E-state index in [4.69, 9.17) is 39.5 Å². The highest BCUT2D eigenvalue weighted by molar-refractivity contribution is 7.47. The second kappa shape index (κ2) is 17.9. The van der Waals surface area contributed by atoms with Crippen LogP contribution in [0.2, 0.25) is 0 Å². The smallest absolute Gasteiger partial charge is 0.455 e. The summed E-state index contributed by atoms with van der Waals surface area (Å²) in [5, 5.41) is 11.6. The van der Waals surface area contributed by atoms with Crippen LogP contribution in [0.25, 0.3) is 11.2 Å². The number of esters is 1. The number of carbonyl (C=O) groups is 2. The maximum Gasteiger partial charge on any atom is 0.472 e. The number of imidazole rings is 1. The molecule has 3 aliphatic heterocycles. The van der Waals surface area contributed by atoms with Gasteiger partial charge in [-0.3, -0.25) is 27.5 Å². The monoisotopic (exact) mass is 859 g/mol. The van der Waals surface area contributed by atoms with Crippen LogP contribution in [0, 0.1) is 0 Å². The fourth-order valence-electron chi connectivity index (χ4n) is 6.84. The van der Waals surface area contributed by atoms with Crippen LogP contribution in [0.15, 0.2) is 42.4 Å².